The Kier molecular flexibility index (Phi) is 4.18. The van der Waals surface area contributed by atoms with Gasteiger partial charge in [0.2, 0.25) is 5.91 Å². The monoisotopic (exact) mass is 401 g/mol. The van der Waals surface area contributed by atoms with Gasteiger partial charge in [0.25, 0.3) is 0 Å². The third kappa shape index (κ3) is 3.10. The van der Waals surface area contributed by atoms with Gasteiger partial charge in [-0.25, -0.2) is 9.97 Å². The van der Waals surface area contributed by atoms with E-state index in [0.29, 0.717) is 5.16 Å². The molecule has 1 aliphatic carbocycles. The molecule has 1 atom stereocenters. The maximum atomic E-state index is 12.6. The molecule has 2 heterocycles. The number of aromatic nitrogens is 3. The molecule has 0 unspecified atom stereocenters. The van der Waals surface area contributed by atoms with Crippen LogP contribution < -0.4 is 5.32 Å². The van der Waals surface area contributed by atoms with Crippen molar-refractivity contribution in [2.24, 2.45) is 5.92 Å². The van der Waals surface area contributed by atoms with Crippen molar-refractivity contribution in [1.29, 1.82) is 5.26 Å². The van der Waals surface area contributed by atoms with E-state index in [1.54, 1.807) is 0 Å². The predicted molar refractivity (Wildman–Crippen MR) is 114 cm³/mol. The van der Waals surface area contributed by atoms with Crippen LogP contribution in [0.15, 0.2) is 53.7 Å². The highest BCUT2D eigenvalue weighted by Gasteiger charge is 2.42. The van der Waals surface area contributed by atoms with Crippen molar-refractivity contribution < 1.29 is 4.79 Å². The molecule has 6 nitrogen and oxygen atoms in total. The summed E-state index contributed by atoms with van der Waals surface area (Å²) in [5.41, 5.74) is 2.75. The van der Waals surface area contributed by atoms with Gasteiger partial charge in [-0.05, 0) is 49.9 Å². The number of rotatable bonds is 5. The zero-order valence-electron chi connectivity index (χ0n) is 15.9. The van der Waals surface area contributed by atoms with Gasteiger partial charge in [0.1, 0.15) is 11.2 Å². The Morgan fingerprint density at radius 1 is 1.21 bits per heavy atom. The first-order valence-electron chi connectivity index (χ1n) is 9.60. The Hall–Kier alpha value is -3.11. The molecule has 2 aromatic carbocycles. The number of nitrogens with one attached hydrogen (secondary N) is 1. The van der Waals surface area contributed by atoms with Crippen molar-refractivity contribution in [1.82, 2.24) is 19.7 Å². The molecule has 2 aromatic heterocycles. The number of imidazole rings is 1. The Labute approximate surface area is 171 Å². The molecule has 29 heavy (non-hydrogen) atoms. The molecular formula is C22H19N5OS. The van der Waals surface area contributed by atoms with Crippen molar-refractivity contribution in [3.05, 3.63) is 48.5 Å². The number of carbonyl (C=O) groups is 1. The van der Waals surface area contributed by atoms with E-state index < -0.39 is 5.54 Å². The highest BCUT2D eigenvalue weighted by molar-refractivity contribution is 7.99. The molecule has 4 aromatic rings. The third-order valence-corrected chi connectivity index (χ3v) is 6.41. The van der Waals surface area contributed by atoms with Gasteiger partial charge >= 0.3 is 0 Å². The van der Waals surface area contributed by atoms with Crippen LogP contribution in [-0.4, -0.2) is 31.6 Å². The summed E-state index contributed by atoms with van der Waals surface area (Å²) in [7, 11) is 0. The number of benzene rings is 2. The number of nitrogens with zero attached hydrogens (tertiary/aromatic N) is 4. The van der Waals surface area contributed by atoms with E-state index in [2.05, 4.69) is 11.4 Å². The van der Waals surface area contributed by atoms with Crippen LogP contribution in [0.2, 0.25) is 0 Å². The van der Waals surface area contributed by atoms with Crippen LogP contribution in [0.1, 0.15) is 19.8 Å². The Morgan fingerprint density at radius 3 is 2.69 bits per heavy atom. The minimum atomic E-state index is -0.786. The van der Waals surface area contributed by atoms with Gasteiger partial charge in [-0.1, -0.05) is 36.0 Å². The summed E-state index contributed by atoms with van der Waals surface area (Å²) in [6.07, 6.45) is 1.98. The molecule has 1 aliphatic rings. The minimum Gasteiger partial charge on any atom is -0.337 e. The first kappa shape index (κ1) is 18.0. The highest BCUT2D eigenvalue weighted by Crippen LogP contribution is 2.39. The number of fused-ring (bicyclic) bond motifs is 5. The highest BCUT2D eigenvalue weighted by atomic mass is 32.2. The molecule has 0 radical (unpaired) electrons. The maximum absolute atomic E-state index is 12.6. The number of thioether (sulfide) groups is 1. The SMILES string of the molecule is C[C@](C#N)(NC(=O)CSc1nc2ccccc2c2nc3ccccc3n12)C1CC1. The van der Waals surface area contributed by atoms with Gasteiger partial charge in [-0.15, -0.1) is 0 Å². The molecule has 0 spiro atoms. The quantitative estimate of drug-likeness (QED) is 0.405. The fourth-order valence-electron chi connectivity index (χ4n) is 3.75. The summed E-state index contributed by atoms with van der Waals surface area (Å²) in [6.45, 7) is 1.81. The molecule has 144 valence electrons. The standard InChI is InChI=1S/C22H19N5OS/c1-22(13-23,14-10-11-14)26-19(28)12-29-21-25-16-7-3-2-6-15(16)20-24-17-8-4-5-9-18(17)27(20)21/h2-9,14H,10-12H2,1H3,(H,26,28)/t22-/m1/s1. The number of nitriles is 1. The molecule has 7 heteroatoms. The van der Waals surface area contributed by atoms with E-state index in [1.807, 2.05) is 59.9 Å². The van der Waals surface area contributed by atoms with Gasteiger partial charge in [0.05, 0.1) is 28.4 Å². The van der Waals surface area contributed by atoms with Crippen LogP contribution in [0.25, 0.3) is 27.6 Å². The lowest BCUT2D eigenvalue weighted by molar-refractivity contribution is -0.119. The average molecular weight is 401 g/mol. The summed E-state index contributed by atoms with van der Waals surface area (Å²) in [6, 6.07) is 18.1. The van der Waals surface area contributed by atoms with Crippen LogP contribution in [0.3, 0.4) is 0 Å². The number of hydrogen-bond acceptors (Lipinski definition) is 5. The van der Waals surface area contributed by atoms with E-state index >= 15 is 0 Å². The van der Waals surface area contributed by atoms with Gasteiger partial charge in [-0.3, -0.25) is 9.20 Å². The topological polar surface area (TPSA) is 83.1 Å². The first-order chi connectivity index (χ1) is 14.1. The second-order valence-corrected chi connectivity index (χ2v) is 8.54. The fraction of sp³-hybridized carbons (Fsp3) is 0.273. The molecule has 0 bridgehead atoms. The van der Waals surface area contributed by atoms with Gasteiger partial charge in [0.15, 0.2) is 5.16 Å². The normalized spacial score (nSPS) is 16.0. The molecule has 5 rings (SSSR count). The Balaban J connectivity index is 1.52. The molecular weight excluding hydrogens is 382 g/mol. The van der Waals surface area contributed by atoms with Gasteiger partial charge in [0, 0.05) is 5.39 Å². The fourth-order valence-corrected chi connectivity index (χ4v) is 4.56. The summed E-state index contributed by atoms with van der Waals surface area (Å²) in [5, 5.41) is 14.1. The summed E-state index contributed by atoms with van der Waals surface area (Å²) >= 11 is 1.37. The molecule has 1 amide bonds. The Bertz CT molecular complexity index is 1300. The lowest BCUT2D eigenvalue weighted by atomic mass is 9.98. The average Bonchev–Trinajstić information content (AvgIpc) is 3.53. The van der Waals surface area contributed by atoms with Crippen LogP contribution in [0, 0.1) is 17.2 Å². The molecule has 0 saturated heterocycles. The van der Waals surface area contributed by atoms with E-state index in [-0.39, 0.29) is 17.6 Å². The third-order valence-electron chi connectivity index (χ3n) is 5.47. The summed E-state index contributed by atoms with van der Waals surface area (Å²) in [5.74, 6) is 0.291. The zero-order valence-corrected chi connectivity index (χ0v) is 16.7. The van der Waals surface area contributed by atoms with Crippen molar-refractivity contribution in [2.75, 3.05) is 5.75 Å². The molecule has 1 N–H and O–H groups in total. The number of amides is 1. The van der Waals surface area contributed by atoms with Crippen LogP contribution in [0.5, 0.6) is 0 Å². The summed E-state index contributed by atoms with van der Waals surface area (Å²) in [4.78, 5) is 22.2. The number of hydrogen-bond donors (Lipinski definition) is 1. The van der Waals surface area contributed by atoms with Crippen molar-refractivity contribution >= 4 is 45.3 Å². The van der Waals surface area contributed by atoms with E-state index in [9.17, 15) is 10.1 Å². The smallest absolute Gasteiger partial charge is 0.231 e. The number of para-hydroxylation sites is 3. The van der Waals surface area contributed by atoms with E-state index in [4.69, 9.17) is 9.97 Å². The van der Waals surface area contributed by atoms with Crippen LogP contribution >= 0.6 is 11.8 Å². The Morgan fingerprint density at radius 2 is 1.93 bits per heavy atom. The minimum absolute atomic E-state index is 0.154. The molecule has 0 aliphatic heterocycles. The summed E-state index contributed by atoms with van der Waals surface area (Å²) < 4.78 is 2.01. The van der Waals surface area contributed by atoms with E-state index in [1.165, 1.54) is 11.8 Å². The lowest BCUT2D eigenvalue weighted by Crippen LogP contribution is -2.47. The predicted octanol–water partition coefficient (Wildman–Crippen LogP) is 3.94. The largest absolute Gasteiger partial charge is 0.337 e. The van der Waals surface area contributed by atoms with Crippen molar-refractivity contribution in [2.45, 2.75) is 30.5 Å². The second kappa shape index (κ2) is 6.75. The van der Waals surface area contributed by atoms with Gasteiger partial charge in [-0.2, -0.15) is 5.26 Å². The molecule has 1 fully saturated rings. The van der Waals surface area contributed by atoms with Crippen molar-refractivity contribution in [3.63, 3.8) is 0 Å². The van der Waals surface area contributed by atoms with Crippen LogP contribution in [0.4, 0.5) is 0 Å². The maximum Gasteiger partial charge on any atom is 0.231 e. The first-order valence-corrected chi connectivity index (χ1v) is 10.6. The zero-order chi connectivity index (χ0) is 20.0. The number of carbonyl (C=O) groups excluding carboxylic acids is 1. The van der Waals surface area contributed by atoms with Crippen molar-refractivity contribution in [3.8, 4) is 6.07 Å². The lowest BCUT2D eigenvalue weighted by Gasteiger charge is -2.22. The molecule has 1 saturated carbocycles. The second-order valence-electron chi connectivity index (χ2n) is 7.60. The van der Waals surface area contributed by atoms with E-state index in [0.717, 1.165) is 40.4 Å². The van der Waals surface area contributed by atoms with Gasteiger partial charge < -0.3 is 5.32 Å². The van der Waals surface area contributed by atoms with Crippen LogP contribution in [-0.2, 0) is 4.79 Å².